The van der Waals surface area contributed by atoms with E-state index in [1.54, 1.807) is 43.5 Å². The van der Waals surface area contributed by atoms with Crippen molar-refractivity contribution >= 4 is 32.3 Å². The zero-order valence-electron chi connectivity index (χ0n) is 15.6. The lowest BCUT2D eigenvalue weighted by Crippen LogP contribution is -2.13. The van der Waals surface area contributed by atoms with Gasteiger partial charge in [-0.3, -0.25) is 4.79 Å². The maximum Gasteiger partial charge on any atom is 0.256 e. The number of benzene rings is 2. The number of carbonyl (C=O) groups excluding carboxylic acids is 1. The number of amides is 1. The predicted octanol–water partition coefficient (Wildman–Crippen LogP) is 4.54. The molecule has 0 saturated heterocycles. The Morgan fingerprint density at radius 3 is 2.48 bits per heavy atom. The Bertz CT molecular complexity index is 1280. The first-order chi connectivity index (χ1) is 14.0. The van der Waals surface area contributed by atoms with Crippen LogP contribution in [0.25, 0.3) is 22.4 Å². The van der Waals surface area contributed by atoms with Gasteiger partial charge < -0.3 is 9.73 Å². The van der Waals surface area contributed by atoms with Gasteiger partial charge in [0.1, 0.15) is 5.69 Å². The Hall–Kier alpha value is -3.45. The van der Waals surface area contributed by atoms with Crippen molar-refractivity contribution in [1.82, 2.24) is 4.98 Å². The minimum absolute atomic E-state index is 0.0251. The predicted molar refractivity (Wildman–Crippen MR) is 112 cm³/mol. The first-order valence-corrected chi connectivity index (χ1v) is 10.7. The summed E-state index contributed by atoms with van der Waals surface area (Å²) in [6, 6.07) is 18.8. The Morgan fingerprint density at radius 2 is 1.79 bits per heavy atom. The third-order valence-corrected chi connectivity index (χ3v) is 6.34. The van der Waals surface area contributed by atoms with Crippen LogP contribution in [0.4, 0.5) is 5.69 Å². The molecule has 29 heavy (non-hydrogen) atoms. The van der Waals surface area contributed by atoms with Crippen molar-refractivity contribution in [2.45, 2.75) is 11.8 Å². The van der Waals surface area contributed by atoms with Gasteiger partial charge in [-0.25, -0.2) is 13.4 Å². The van der Waals surface area contributed by atoms with Crippen LogP contribution in [0, 0.1) is 0 Å². The number of pyridine rings is 1. The van der Waals surface area contributed by atoms with E-state index in [1.165, 1.54) is 12.1 Å². The van der Waals surface area contributed by atoms with Gasteiger partial charge in [-0.05, 0) is 48.5 Å². The van der Waals surface area contributed by atoms with Gasteiger partial charge in [0.15, 0.2) is 15.6 Å². The van der Waals surface area contributed by atoms with E-state index in [4.69, 9.17) is 4.42 Å². The van der Waals surface area contributed by atoms with Crippen LogP contribution in [0.3, 0.4) is 0 Å². The van der Waals surface area contributed by atoms with Crippen molar-refractivity contribution in [2.24, 2.45) is 0 Å². The summed E-state index contributed by atoms with van der Waals surface area (Å²) >= 11 is 0. The van der Waals surface area contributed by atoms with Crippen LogP contribution in [-0.2, 0) is 9.84 Å². The quantitative estimate of drug-likeness (QED) is 0.525. The van der Waals surface area contributed by atoms with Crippen LogP contribution in [0.15, 0.2) is 82.3 Å². The maximum atomic E-state index is 13.0. The Labute approximate surface area is 168 Å². The van der Waals surface area contributed by atoms with Crippen molar-refractivity contribution in [3.63, 3.8) is 0 Å². The fourth-order valence-electron chi connectivity index (χ4n) is 3.02. The van der Waals surface area contributed by atoms with E-state index in [0.717, 1.165) is 0 Å². The molecule has 0 bridgehead atoms. The summed E-state index contributed by atoms with van der Waals surface area (Å²) in [5.74, 6) is 0.276. The highest BCUT2D eigenvalue weighted by atomic mass is 32.2. The van der Waals surface area contributed by atoms with Crippen LogP contribution in [0.5, 0.6) is 0 Å². The summed E-state index contributed by atoms with van der Waals surface area (Å²) in [6.45, 7) is 1.59. The molecule has 4 rings (SSSR count). The second kappa shape index (κ2) is 7.52. The minimum atomic E-state index is -3.29. The number of rotatable bonds is 5. The zero-order valence-corrected chi connectivity index (χ0v) is 16.4. The summed E-state index contributed by atoms with van der Waals surface area (Å²) in [5, 5.41) is 3.54. The van der Waals surface area contributed by atoms with Gasteiger partial charge in [0.2, 0.25) is 0 Å². The molecule has 4 aromatic rings. The van der Waals surface area contributed by atoms with E-state index in [9.17, 15) is 13.2 Å². The fraction of sp³-hybridized carbons (Fsp3) is 0.0909. The third-order valence-electron chi connectivity index (χ3n) is 4.59. The third kappa shape index (κ3) is 3.77. The number of sulfone groups is 1. The number of nitrogens with one attached hydrogen (secondary N) is 1. The van der Waals surface area contributed by atoms with E-state index in [-0.39, 0.29) is 16.6 Å². The molecule has 2 heterocycles. The van der Waals surface area contributed by atoms with Gasteiger partial charge in [-0.1, -0.05) is 25.1 Å². The topological polar surface area (TPSA) is 89.3 Å². The number of furan rings is 1. The van der Waals surface area contributed by atoms with E-state index in [0.29, 0.717) is 33.6 Å². The average Bonchev–Trinajstić information content (AvgIpc) is 3.28. The molecule has 146 valence electrons. The Balaban J connectivity index is 1.70. The molecule has 0 aliphatic heterocycles. The second-order valence-electron chi connectivity index (χ2n) is 6.43. The number of anilines is 1. The minimum Gasteiger partial charge on any atom is -0.463 e. The molecule has 0 unspecified atom stereocenters. The summed E-state index contributed by atoms with van der Waals surface area (Å²) in [5.41, 5.74) is 2.19. The smallest absolute Gasteiger partial charge is 0.256 e. The number of fused-ring (bicyclic) bond motifs is 1. The molecule has 0 radical (unpaired) electrons. The van der Waals surface area contributed by atoms with Gasteiger partial charge in [0.05, 0.1) is 28.0 Å². The van der Waals surface area contributed by atoms with Crippen LogP contribution >= 0.6 is 0 Å². The molecule has 1 amide bonds. The van der Waals surface area contributed by atoms with Crippen LogP contribution in [-0.4, -0.2) is 25.1 Å². The molecule has 0 fully saturated rings. The molecule has 0 aliphatic carbocycles. The van der Waals surface area contributed by atoms with Crippen molar-refractivity contribution < 1.29 is 17.6 Å². The molecule has 7 heteroatoms. The number of hydrogen-bond donors (Lipinski definition) is 1. The van der Waals surface area contributed by atoms with Gasteiger partial charge >= 0.3 is 0 Å². The lowest BCUT2D eigenvalue weighted by molar-refractivity contribution is 0.102. The van der Waals surface area contributed by atoms with Crippen LogP contribution in [0.1, 0.15) is 17.3 Å². The zero-order chi connectivity index (χ0) is 20.4. The normalized spacial score (nSPS) is 11.5. The van der Waals surface area contributed by atoms with Crippen LogP contribution < -0.4 is 5.32 Å². The molecule has 2 aromatic heterocycles. The second-order valence-corrected chi connectivity index (χ2v) is 8.71. The highest BCUT2D eigenvalue weighted by Crippen LogP contribution is 2.26. The molecule has 0 spiro atoms. The molecular formula is C22H18N2O4S. The van der Waals surface area contributed by atoms with E-state index in [2.05, 4.69) is 10.3 Å². The van der Waals surface area contributed by atoms with E-state index >= 15 is 0 Å². The summed E-state index contributed by atoms with van der Waals surface area (Å²) in [4.78, 5) is 17.8. The molecule has 0 saturated carbocycles. The molecule has 1 N–H and O–H groups in total. The number of carbonyl (C=O) groups is 1. The number of aromatic nitrogens is 1. The lowest BCUT2D eigenvalue weighted by atomic mass is 10.1. The van der Waals surface area contributed by atoms with Crippen molar-refractivity contribution in [2.75, 3.05) is 11.1 Å². The molecule has 0 aliphatic rings. The monoisotopic (exact) mass is 406 g/mol. The SMILES string of the molecule is CCS(=O)(=O)c1ccc(NC(=O)c2cc(-c3ccco3)nc3ccccc23)cc1. The highest BCUT2D eigenvalue weighted by Gasteiger charge is 2.16. The van der Waals surface area contributed by atoms with Crippen molar-refractivity contribution in [3.8, 4) is 11.5 Å². The molecule has 6 nitrogen and oxygen atoms in total. The molecular weight excluding hydrogens is 388 g/mol. The number of hydrogen-bond acceptors (Lipinski definition) is 5. The van der Waals surface area contributed by atoms with Gasteiger partial charge in [0.25, 0.3) is 5.91 Å². The standard InChI is InChI=1S/C22H18N2O4S/c1-2-29(26,27)16-11-9-15(10-12-16)23-22(25)18-14-20(21-8-5-13-28-21)24-19-7-4-3-6-17(18)19/h3-14H,2H2,1H3,(H,23,25). The van der Waals surface area contributed by atoms with Crippen molar-refractivity contribution in [1.29, 1.82) is 0 Å². The molecule has 2 aromatic carbocycles. The fourth-order valence-corrected chi connectivity index (χ4v) is 3.91. The summed E-state index contributed by atoms with van der Waals surface area (Å²) in [6.07, 6.45) is 1.55. The number of para-hydroxylation sites is 1. The summed E-state index contributed by atoms with van der Waals surface area (Å²) in [7, 11) is -3.29. The average molecular weight is 406 g/mol. The van der Waals surface area contributed by atoms with E-state index < -0.39 is 9.84 Å². The molecule has 0 atom stereocenters. The van der Waals surface area contributed by atoms with Crippen LogP contribution in [0.2, 0.25) is 0 Å². The first-order valence-electron chi connectivity index (χ1n) is 9.06. The van der Waals surface area contributed by atoms with E-state index in [1.807, 2.05) is 24.3 Å². The van der Waals surface area contributed by atoms with Gasteiger partial charge in [-0.15, -0.1) is 0 Å². The van der Waals surface area contributed by atoms with Crippen molar-refractivity contribution in [3.05, 3.63) is 78.6 Å². The Kier molecular flexibility index (Phi) is 4.90. The number of nitrogens with zero attached hydrogens (tertiary/aromatic N) is 1. The summed E-state index contributed by atoms with van der Waals surface area (Å²) < 4.78 is 29.3. The van der Waals surface area contributed by atoms with Gasteiger partial charge in [0, 0.05) is 11.1 Å². The highest BCUT2D eigenvalue weighted by molar-refractivity contribution is 7.91. The first kappa shape index (κ1) is 18.9. The maximum absolute atomic E-state index is 13.0. The van der Waals surface area contributed by atoms with Gasteiger partial charge in [-0.2, -0.15) is 0 Å². The Morgan fingerprint density at radius 1 is 1.03 bits per heavy atom. The lowest BCUT2D eigenvalue weighted by Gasteiger charge is -2.10. The largest absolute Gasteiger partial charge is 0.463 e.